The van der Waals surface area contributed by atoms with Gasteiger partial charge in [-0.1, -0.05) is 24.6 Å². The van der Waals surface area contributed by atoms with Crippen molar-refractivity contribution < 1.29 is 0 Å². The molecule has 3 nitrogen and oxygen atoms in total. The fourth-order valence-corrected chi connectivity index (χ4v) is 4.10. The van der Waals surface area contributed by atoms with Gasteiger partial charge in [0.1, 0.15) is 0 Å². The number of piperidine rings is 1. The van der Waals surface area contributed by atoms with Crippen LogP contribution in [0.2, 0.25) is 0 Å². The van der Waals surface area contributed by atoms with Gasteiger partial charge >= 0.3 is 0 Å². The lowest BCUT2D eigenvalue weighted by Gasteiger charge is -2.33. The highest BCUT2D eigenvalue weighted by Crippen LogP contribution is 2.30. The normalized spacial score (nSPS) is 17.8. The second kappa shape index (κ2) is 5.97. The zero-order chi connectivity index (χ0) is 15.8. The molecule has 1 aliphatic rings. The second-order valence-electron chi connectivity index (χ2n) is 6.87. The van der Waals surface area contributed by atoms with Crippen molar-refractivity contribution in [2.75, 3.05) is 13.1 Å². The number of benzene rings is 1. The molecule has 1 unspecified atom stereocenters. The molecular formula is C20H25N3. The van der Waals surface area contributed by atoms with Crippen molar-refractivity contribution in [3.63, 3.8) is 0 Å². The lowest BCUT2D eigenvalue weighted by molar-refractivity contribution is 0.161. The molecule has 1 aromatic carbocycles. The Balaban J connectivity index is 1.81. The topological polar surface area (TPSA) is 21.1 Å². The molecule has 0 N–H and O–H groups in total. The standard InChI is InChI=1S/C20H25N3/c1-15(22-12-6-3-7-13-22)14-23-19-9-5-4-8-17(19)18-10-11-21-16(2)20(18)23/h4-5,8-11,15H,3,6-7,12-14H2,1-2H3. The summed E-state index contributed by atoms with van der Waals surface area (Å²) in [6.45, 7) is 8.03. The van der Waals surface area contributed by atoms with Crippen molar-refractivity contribution in [1.29, 1.82) is 0 Å². The van der Waals surface area contributed by atoms with E-state index in [0.29, 0.717) is 6.04 Å². The first-order valence-corrected chi connectivity index (χ1v) is 8.82. The molecule has 0 amide bonds. The molecule has 3 heterocycles. The van der Waals surface area contributed by atoms with E-state index in [1.807, 2.05) is 6.20 Å². The molecular weight excluding hydrogens is 282 g/mol. The van der Waals surface area contributed by atoms with Crippen LogP contribution in [0.4, 0.5) is 0 Å². The van der Waals surface area contributed by atoms with Crippen molar-refractivity contribution >= 4 is 21.8 Å². The van der Waals surface area contributed by atoms with Gasteiger partial charge < -0.3 is 4.57 Å². The van der Waals surface area contributed by atoms with Gasteiger partial charge in [-0.2, -0.15) is 0 Å². The largest absolute Gasteiger partial charge is 0.337 e. The molecule has 1 atom stereocenters. The third-order valence-corrected chi connectivity index (χ3v) is 5.32. The summed E-state index contributed by atoms with van der Waals surface area (Å²) in [6, 6.07) is 11.5. The maximum Gasteiger partial charge on any atom is 0.0708 e. The third-order valence-electron chi connectivity index (χ3n) is 5.32. The van der Waals surface area contributed by atoms with Crippen LogP contribution >= 0.6 is 0 Å². The lowest BCUT2D eigenvalue weighted by Crippen LogP contribution is -2.39. The molecule has 0 aliphatic carbocycles. The van der Waals surface area contributed by atoms with Crippen LogP contribution in [-0.4, -0.2) is 33.6 Å². The van der Waals surface area contributed by atoms with Crippen molar-refractivity contribution in [3.05, 3.63) is 42.2 Å². The number of para-hydroxylation sites is 1. The SMILES string of the molecule is Cc1nccc2c3ccccc3n(CC(C)N3CCCCC3)c12. The number of nitrogens with zero attached hydrogens (tertiary/aromatic N) is 3. The van der Waals surface area contributed by atoms with E-state index in [1.165, 1.54) is 54.2 Å². The van der Waals surface area contributed by atoms with Gasteiger partial charge in [0, 0.05) is 35.1 Å². The number of fused-ring (bicyclic) bond motifs is 3. The van der Waals surface area contributed by atoms with Gasteiger partial charge in [-0.15, -0.1) is 0 Å². The number of rotatable bonds is 3. The van der Waals surface area contributed by atoms with Crippen LogP contribution in [-0.2, 0) is 6.54 Å². The summed E-state index contributed by atoms with van der Waals surface area (Å²) in [5.74, 6) is 0. The Hall–Kier alpha value is -1.87. The zero-order valence-electron chi connectivity index (χ0n) is 14.1. The highest BCUT2D eigenvalue weighted by atomic mass is 15.2. The van der Waals surface area contributed by atoms with Gasteiger partial charge in [-0.3, -0.25) is 9.88 Å². The fraction of sp³-hybridized carbons (Fsp3) is 0.450. The average Bonchev–Trinajstić information content (AvgIpc) is 2.91. The Labute approximate surface area is 137 Å². The number of pyridine rings is 1. The molecule has 0 radical (unpaired) electrons. The van der Waals surface area contributed by atoms with Crippen LogP contribution < -0.4 is 0 Å². The molecule has 0 bridgehead atoms. The third kappa shape index (κ3) is 2.53. The number of hydrogen-bond donors (Lipinski definition) is 0. The second-order valence-corrected chi connectivity index (χ2v) is 6.87. The summed E-state index contributed by atoms with van der Waals surface area (Å²) in [4.78, 5) is 7.20. The lowest BCUT2D eigenvalue weighted by atomic mass is 10.1. The van der Waals surface area contributed by atoms with Crippen molar-refractivity contribution in [3.8, 4) is 0 Å². The summed E-state index contributed by atoms with van der Waals surface area (Å²) in [7, 11) is 0. The Bertz CT molecular complexity index is 827. The number of likely N-dealkylation sites (tertiary alicyclic amines) is 1. The van der Waals surface area contributed by atoms with E-state index >= 15 is 0 Å². The molecule has 1 fully saturated rings. The number of aryl methyl sites for hydroxylation is 1. The van der Waals surface area contributed by atoms with Gasteiger partial charge in [0.2, 0.25) is 0 Å². The number of hydrogen-bond acceptors (Lipinski definition) is 2. The van der Waals surface area contributed by atoms with Crippen molar-refractivity contribution in [2.24, 2.45) is 0 Å². The van der Waals surface area contributed by atoms with E-state index < -0.39 is 0 Å². The van der Waals surface area contributed by atoms with Gasteiger partial charge in [-0.25, -0.2) is 0 Å². The maximum absolute atomic E-state index is 4.55. The van der Waals surface area contributed by atoms with Gasteiger partial charge in [0.25, 0.3) is 0 Å². The number of aromatic nitrogens is 2. The zero-order valence-corrected chi connectivity index (χ0v) is 14.1. The maximum atomic E-state index is 4.55. The van der Waals surface area contributed by atoms with Gasteiger partial charge in [-0.05, 0) is 51.9 Å². The highest BCUT2D eigenvalue weighted by molar-refractivity contribution is 6.08. The monoisotopic (exact) mass is 307 g/mol. The van der Waals surface area contributed by atoms with E-state index in [9.17, 15) is 0 Å². The summed E-state index contributed by atoms with van der Waals surface area (Å²) < 4.78 is 2.49. The van der Waals surface area contributed by atoms with Crippen LogP contribution in [0.3, 0.4) is 0 Å². The van der Waals surface area contributed by atoms with Crippen molar-refractivity contribution in [2.45, 2.75) is 45.7 Å². The first-order valence-electron chi connectivity index (χ1n) is 8.82. The predicted octanol–water partition coefficient (Wildman–Crippen LogP) is 4.37. The van der Waals surface area contributed by atoms with E-state index in [4.69, 9.17) is 0 Å². The van der Waals surface area contributed by atoms with E-state index in [0.717, 1.165) is 12.2 Å². The molecule has 0 saturated carbocycles. The summed E-state index contributed by atoms with van der Waals surface area (Å²) in [5.41, 5.74) is 3.77. The van der Waals surface area contributed by atoms with E-state index in [-0.39, 0.29) is 0 Å². The van der Waals surface area contributed by atoms with Crippen LogP contribution in [0, 0.1) is 6.92 Å². The van der Waals surface area contributed by atoms with Gasteiger partial charge in [0.05, 0.1) is 11.2 Å². The first-order chi connectivity index (χ1) is 11.3. The molecule has 2 aromatic heterocycles. The van der Waals surface area contributed by atoms with Crippen molar-refractivity contribution in [1.82, 2.24) is 14.5 Å². The summed E-state index contributed by atoms with van der Waals surface area (Å²) >= 11 is 0. The Morgan fingerprint density at radius 1 is 1.04 bits per heavy atom. The van der Waals surface area contributed by atoms with E-state index in [2.05, 4.69) is 58.6 Å². The first kappa shape index (κ1) is 14.7. The fourth-order valence-electron chi connectivity index (χ4n) is 4.10. The smallest absolute Gasteiger partial charge is 0.0708 e. The molecule has 120 valence electrons. The highest BCUT2D eigenvalue weighted by Gasteiger charge is 2.20. The Kier molecular flexibility index (Phi) is 3.82. The average molecular weight is 307 g/mol. The van der Waals surface area contributed by atoms with Crippen LogP contribution in [0.25, 0.3) is 21.8 Å². The Morgan fingerprint density at radius 3 is 2.65 bits per heavy atom. The molecule has 3 aromatic rings. The quantitative estimate of drug-likeness (QED) is 0.716. The minimum Gasteiger partial charge on any atom is -0.337 e. The predicted molar refractivity (Wildman–Crippen MR) is 96.9 cm³/mol. The van der Waals surface area contributed by atoms with Crippen LogP contribution in [0.5, 0.6) is 0 Å². The molecule has 4 rings (SSSR count). The van der Waals surface area contributed by atoms with E-state index in [1.54, 1.807) is 0 Å². The van der Waals surface area contributed by atoms with Crippen LogP contribution in [0.15, 0.2) is 36.5 Å². The summed E-state index contributed by atoms with van der Waals surface area (Å²) in [5, 5.41) is 2.68. The minimum atomic E-state index is 0.564. The molecule has 3 heteroatoms. The minimum absolute atomic E-state index is 0.564. The molecule has 0 spiro atoms. The molecule has 1 aliphatic heterocycles. The molecule has 23 heavy (non-hydrogen) atoms. The van der Waals surface area contributed by atoms with Gasteiger partial charge in [0.15, 0.2) is 0 Å². The molecule has 1 saturated heterocycles. The Morgan fingerprint density at radius 2 is 1.83 bits per heavy atom. The summed E-state index contributed by atoms with van der Waals surface area (Å²) in [6.07, 6.45) is 6.01. The van der Waals surface area contributed by atoms with Crippen LogP contribution in [0.1, 0.15) is 31.9 Å².